The van der Waals surface area contributed by atoms with Crippen LogP contribution in [0.5, 0.6) is 0 Å². The van der Waals surface area contributed by atoms with Gasteiger partial charge in [-0.25, -0.2) is 0 Å². The van der Waals surface area contributed by atoms with Crippen molar-refractivity contribution in [2.75, 3.05) is 13.2 Å². The first-order valence-corrected chi connectivity index (χ1v) is 6.52. The lowest BCUT2D eigenvalue weighted by molar-refractivity contribution is -0.380. The highest BCUT2D eigenvalue weighted by Crippen LogP contribution is 2.24. The summed E-state index contributed by atoms with van der Waals surface area (Å²) in [5.41, 5.74) is 1.07. The van der Waals surface area contributed by atoms with E-state index in [4.69, 9.17) is 4.74 Å². The van der Waals surface area contributed by atoms with E-state index in [1.165, 1.54) is 11.3 Å². The third-order valence-corrected chi connectivity index (χ3v) is 4.06. The van der Waals surface area contributed by atoms with Gasteiger partial charge in [0.05, 0.1) is 4.92 Å². The minimum atomic E-state index is -0.343. The first-order chi connectivity index (χ1) is 8.09. The van der Waals surface area contributed by atoms with E-state index in [-0.39, 0.29) is 15.5 Å². The fourth-order valence-corrected chi connectivity index (χ4v) is 2.59. The molecule has 0 aliphatic carbocycles. The minimum absolute atomic E-state index is 0.0922. The van der Waals surface area contributed by atoms with Crippen molar-refractivity contribution in [2.45, 2.75) is 31.8 Å². The van der Waals surface area contributed by atoms with Gasteiger partial charge < -0.3 is 10.1 Å². The molecule has 1 saturated heterocycles. The standard InChI is InChI=1S/C11H16N2O3S/c1-11(2-4-16-5-3-11)12-7-9-6-10(13(14)15)17-8-9/h6,8,12H,2-5,7H2,1H3. The molecule has 1 aromatic rings. The molecule has 0 atom stereocenters. The van der Waals surface area contributed by atoms with Crippen molar-refractivity contribution in [1.29, 1.82) is 0 Å². The second kappa shape index (κ2) is 5.12. The summed E-state index contributed by atoms with van der Waals surface area (Å²) < 4.78 is 5.33. The molecule has 0 radical (unpaired) electrons. The summed E-state index contributed by atoms with van der Waals surface area (Å²) in [6.07, 6.45) is 1.97. The molecule has 6 heteroatoms. The second-order valence-electron chi connectivity index (χ2n) is 4.58. The Balaban J connectivity index is 1.90. The summed E-state index contributed by atoms with van der Waals surface area (Å²) >= 11 is 1.18. The number of hydrogen-bond donors (Lipinski definition) is 1. The van der Waals surface area contributed by atoms with Crippen molar-refractivity contribution < 1.29 is 9.66 Å². The van der Waals surface area contributed by atoms with E-state index in [1.807, 2.05) is 5.38 Å². The molecule has 1 aliphatic rings. The number of ether oxygens (including phenoxy) is 1. The van der Waals surface area contributed by atoms with E-state index >= 15 is 0 Å². The third kappa shape index (κ3) is 3.24. The summed E-state index contributed by atoms with van der Waals surface area (Å²) in [6.45, 7) is 4.43. The van der Waals surface area contributed by atoms with E-state index in [9.17, 15) is 10.1 Å². The highest BCUT2D eigenvalue weighted by molar-refractivity contribution is 7.13. The molecule has 1 fully saturated rings. The minimum Gasteiger partial charge on any atom is -0.381 e. The Hall–Kier alpha value is -0.980. The molecule has 0 saturated carbocycles. The molecule has 0 unspecified atom stereocenters. The van der Waals surface area contributed by atoms with Crippen LogP contribution < -0.4 is 5.32 Å². The van der Waals surface area contributed by atoms with Crippen LogP contribution in [0, 0.1) is 10.1 Å². The van der Waals surface area contributed by atoms with Gasteiger partial charge in [0.15, 0.2) is 0 Å². The van der Waals surface area contributed by atoms with Gasteiger partial charge in [-0.2, -0.15) is 0 Å². The second-order valence-corrected chi connectivity index (χ2v) is 5.47. The molecule has 1 aromatic heterocycles. The van der Waals surface area contributed by atoms with Crippen LogP contribution in [0.25, 0.3) is 0 Å². The van der Waals surface area contributed by atoms with Crippen LogP contribution in [-0.2, 0) is 11.3 Å². The van der Waals surface area contributed by atoms with Crippen molar-refractivity contribution in [1.82, 2.24) is 5.32 Å². The normalized spacial score (nSPS) is 19.1. The van der Waals surface area contributed by atoms with Crippen LogP contribution >= 0.6 is 11.3 Å². The summed E-state index contributed by atoms with van der Waals surface area (Å²) in [7, 11) is 0. The van der Waals surface area contributed by atoms with Crippen LogP contribution in [-0.4, -0.2) is 23.7 Å². The molecule has 0 aromatic carbocycles. The van der Waals surface area contributed by atoms with Gasteiger partial charge in [0.1, 0.15) is 0 Å². The predicted octanol–water partition coefficient (Wildman–Crippen LogP) is 2.32. The lowest BCUT2D eigenvalue weighted by Gasteiger charge is -2.34. The number of thiophene rings is 1. The van der Waals surface area contributed by atoms with Crippen LogP contribution in [0.2, 0.25) is 0 Å². The van der Waals surface area contributed by atoms with Crippen molar-refractivity contribution in [3.05, 3.63) is 27.1 Å². The highest BCUT2D eigenvalue weighted by Gasteiger charge is 2.26. The number of rotatable bonds is 4. The van der Waals surface area contributed by atoms with Crippen LogP contribution in [0.1, 0.15) is 25.3 Å². The zero-order valence-electron chi connectivity index (χ0n) is 9.77. The third-order valence-electron chi connectivity index (χ3n) is 3.14. The molecule has 0 bridgehead atoms. The fourth-order valence-electron chi connectivity index (χ4n) is 1.87. The molecule has 0 spiro atoms. The van der Waals surface area contributed by atoms with Crippen molar-refractivity contribution in [3.8, 4) is 0 Å². The highest BCUT2D eigenvalue weighted by atomic mass is 32.1. The van der Waals surface area contributed by atoms with Crippen LogP contribution in [0.3, 0.4) is 0 Å². The SMILES string of the molecule is CC1(NCc2csc([N+](=O)[O-])c2)CCOCC1. The van der Waals surface area contributed by atoms with Crippen molar-refractivity contribution in [3.63, 3.8) is 0 Å². The quantitative estimate of drug-likeness (QED) is 0.663. The van der Waals surface area contributed by atoms with Crippen molar-refractivity contribution in [2.24, 2.45) is 0 Å². The zero-order valence-corrected chi connectivity index (χ0v) is 10.6. The van der Waals surface area contributed by atoms with Crippen molar-refractivity contribution >= 4 is 16.3 Å². The van der Waals surface area contributed by atoms with Gasteiger partial charge in [-0.1, -0.05) is 11.3 Å². The van der Waals surface area contributed by atoms with Gasteiger partial charge in [0, 0.05) is 36.7 Å². The van der Waals surface area contributed by atoms with Gasteiger partial charge in [-0.05, 0) is 25.3 Å². The number of hydrogen-bond acceptors (Lipinski definition) is 5. The maximum Gasteiger partial charge on any atom is 0.324 e. The van der Waals surface area contributed by atoms with Gasteiger partial charge in [0.2, 0.25) is 0 Å². The fraction of sp³-hybridized carbons (Fsp3) is 0.636. The monoisotopic (exact) mass is 256 g/mol. The molecule has 2 rings (SSSR count). The maximum atomic E-state index is 10.6. The smallest absolute Gasteiger partial charge is 0.324 e. The number of nitro groups is 1. The van der Waals surface area contributed by atoms with E-state index in [1.54, 1.807) is 6.07 Å². The molecular weight excluding hydrogens is 240 g/mol. The van der Waals surface area contributed by atoms with Gasteiger partial charge in [-0.3, -0.25) is 10.1 Å². The van der Waals surface area contributed by atoms with E-state index in [0.717, 1.165) is 31.6 Å². The average molecular weight is 256 g/mol. The first kappa shape index (κ1) is 12.5. The van der Waals surface area contributed by atoms with Gasteiger partial charge >= 0.3 is 5.00 Å². The molecule has 94 valence electrons. The Bertz CT molecular complexity index is 399. The molecule has 1 N–H and O–H groups in total. The molecule has 2 heterocycles. The summed E-state index contributed by atoms with van der Waals surface area (Å²) in [5.74, 6) is 0. The molecular formula is C11H16N2O3S. The Morgan fingerprint density at radius 1 is 1.59 bits per heavy atom. The summed E-state index contributed by atoms with van der Waals surface area (Å²) in [4.78, 5) is 10.2. The lowest BCUT2D eigenvalue weighted by Crippen LogP contribution is -2.46. The number of nitrogens with one attached hydrogen (secondary N) is 1. The topological polar surface area (TPSA) is 64.4 Å². The molecule has 17 heavy (non-hydrogen) atoms. The molecule has 5 nitrogen and oxygen atoms in total. The van der Waals surface area contributed by atoms with Crippen LogP contribution in [0.15, 0.2) is 11.4 Å². The molecule has 1 aliphatic heterocycles. The Labute approximate surface area is 104 Å². The maximum absolute atomic E-state index is 10.6. The van der Waals surface area contributed by atoms with Crippen LogP contribution in [0.4, 0.5) is 5.00 Å². The van der Waals surface area contributed by atoms with E-state index in [0.29, 0.717) is 6.54 Å². The zero-order chi connectivity index (χ0) is 12.3. The van der Waals surface area contributed by atoms with Gasteiger partial charge in [-0.15, -0.1) is 0 Å². The Kier molecular flexibility index (Phi) is 3.76. The predicted molar refractivity (Wildman–Crippen MR) is 66.3 cm³/mol. The van der Waals surface area contributed by atoms with Gasteiger partial charge in [0.25, 0.3) is 0 Å². The average Bonchev–Trinajstić information content (AvgIpc) is 2.76. The first-order valence-electron chi connectivity index (χ1n) is 5.64. The lowest BCUT2D eigenvalue weighted by atomic mass is 9.92. The summed E-state index contributed by atoms with van der Waals surface area (Å²) in [6, 6.07) is 1.64. The largest absolute Gasteiger partial charge is 0.381 e. The molecule has 0 amide bonds. The number of nitrogens with zero attached hydrogens (tertiary/aromatic N) is 1. The van der Waals surface area contributed by atoms with E-state index in [2.05, 4.69) is 12.2 Å². The Morgan fingerprint density at radius 3 is 2.88 bits per heavy atom. The van der Waals surface area contributed by atoms with E-state index < -0.39 is 0 Å². The Morgan fingerprint density at radius 2 is 2.29 bits per heavy atom. The summed E-state index contributed by atoms with van der Waals surface area (Å²) in [5, 5.41) is 16.1.